The molecule has 1 heterocycles. The maximum absolute atomic E-state index is 12.1. The maximum atomic E-state index is 12.1. The molecule has 0 radical (unpaired) electrons. The average Bonchev–Trinajstić information content (AvgIpc) is 2.96. The summed E-state index contributed by atoms with van der Waals surface area (Å²) in [5.41, 5.74) is 2.41. The van der Waals surface area contributed by atoms with Crippen molar-refractivity contribution in [3.8, 4) is 0 Å². The van der Waals surface area contributed by atoms with Gasteiger partial charge in [-0.1, -0.05) is 13.0 Å². The molecule has 1 aliphatic heterocycles. The Morgan fingerprint density at radius 2 is 1.91 bits per heavy atom. The van der Waals surface area contributed by atoms with Gasteiger partial charge in [0.2, 0.25) is 11.8 Å². The second kappa shape index (κ2) is 7.94. The van der Waals surface area contributed by atoms with E-state index in [0.717, 1.165) is 42.7 Å². The van der Waals surface area contributed by atoms with Crippen molar-refractivity contribution in [1.29, 1.82) is 0 Å². The maximum Gasteiger partial charge on any atom is 0.225 e. The Morgan fingerprint density at radius 3 is 2.50 bits per heavy atom. The highest BCUT2D eigenvalue weighted by Gasteiger charge is 2.18. The highest BCUT2D eigenvalue weighted by atomic mass is 16.2. The van der Waals surface area contributed by atoms with E-state index in [4.69, 9.17) is 0 Å². The fraction of sp³-hybridized carbons (Fsp3) is 0.529. The van der Waals surface area contributed by atoms with Crippen LogP contribution < -0.4 is 16.0 Å². The van der Waals surface area contributed by atoms with Gasteiger partial charge in [0.05, 0.1) is 0 Å². The minimum Gasteiger partial charge on any atom is -0.326 e. The van der Waals surface area contributed by atoms with Crippen molar-refractivity contribution in [2.45, 2.75) is 52.0 Å². The fourth-order valence-corrected chi connectivity index (χ4v) is 2.70. The van der Waals surface area contributed by atoms with Crippen molar-refractivity contribution in [2.75, 3.05) is 17.2 Å². The Balaban J connectivity index is 1.98. The summed E-state index contributed by atoms with van der Waals surface area (Å²) < 4.78 is 0. The molecule has 1 aromatic carbocycles. The van der Waals surface area contributed by atoms with Crippen LogP contribution in [0.1, 0.15) is 44.6 Å². The van der Waals surface area contributed by atoms with Crippen LogP contribution in [0.4, 0.5) is 11.4 Å². The smallest absolute Gasteiger partial charge is 0.225 e. The van der Waals surface area contributed by atoms with Crippen molar-refractivity contribution < 1.29 is 9.59 Å². The number of carbonyl (C=O) groups is 2. The fourth-order valence-electron chi connectivity index (χ4n) is 2.70. The minimum atomic E-state index is 0.00392. The van der Waals surface area contributed by atoms with Gasteiger partial charge in [0, 0.05) is 30.3 Å². The predicted molar refractivity (Wildman–Crippen MR) is 89.0 cm³/mol. The molecule has 1 saturated heterocycles. The number of hydrogen-bond acceptors (Lipinski definition) is 3. The lowest BCUT2D eigenvalue weighted by molar-refractivity contribution is -0.117. The van der Waals surface area contributed by atoms with Gasteiger partial charge in [-0.25, -0.2) is 0 Å². The van der Waals surface area contributed by atoms with Gasteiger partial charge in [0.15, 0.2) is 0 Å². The predicted octanol–water partition coefficient (Wildman–Crippen LogP) is 2.81. The molecule has 0 aliphatic carbocycles. The number of hydrogen-bond donors (Lipinski definition) is 3. The number of nitrogens with one attached hydrogen (secondary N) is 3. The quantitative estimate of drug-likeness (QED) is 0.757. The summed E-state index contributed by atoms with van der Waals surface area (Å²) >= 11 is 0. The number of anilines is 2. The van der Waals surface area contributed by atoms with E-state index in [1.165, 1.54) is 0 Å². The SMILES string of the molecule is CCCC(=O)Nc1cccc(NC(=O)CC2CCCN2)c1C. The van der Waals surface area contributed by atoms with E-state index in [-0.39, 0.29) is 17.9 Å². The van der Waals surface area contributed by atoms with Gasteiger partial charge in [-0.2, -0.15) is 0 Å². The molecule has 2 rings (SSSR count). The Kier molecular flexibility index (Phi) is 5.95. The molecule has 0 saturated carbocycles. The average molecular weight is 303 g/mol. The third-order valence-corrected chi connectivity index (χ3v) is 3.95. The molecule has 3 N–H and O–H groups in total. The zero-order valence-corrected chi connectivity index (χ0v) is 13.4. The summed E-state index contributed by atoms with van der Waals surface area (Å²) in [6, 6.07) is 5.85. The molecule has 5 heteroatoms. The Morgan fingerprint density at radius 1 is 1.23 bits per heavy atom. The highest BCUT2D eigenvalue weighted by Crippen LogP contribution is 2.24. The molecule has 120 valence electrons. The van der Waals surface area contributed by atoms with Crippen molar-refractivity contribution in [1.82, 2.24) is 5.32 Å². The third-order valence-electron chi connectivity index (χ3n) is 3.95. The summed E-state index contributed by atoms with van der Waals surface area (Å²) in [5.74, 6) is 0.0174. The first-order chi connectivity index (χ1) is 10.6. The Labute approximate surface area is 131 Å². The van der Waals surface area contributed by atoms with E-state index in [9.17, 15) is 9.59 Å². The van der Waals surface area contributed by atoms with Crippen LogP contribution in [0.25, 0.3) is 0 Å². The van der Waals surface area contributed by atoms with Crippen LogP contribution in [0, 0.1) is 6.92 Å². The van der Waals surface area contributed by atoms with Gasteiger partial charge >= 0.3 is 0 Å². The van der Waals surface area contributed by atoms with E-state index < -0.39 is 0 Å². The number of benzene rings is 1. The van der Waals surface area contributed by atoms with Crippen LogP contribution in [0.3, 0.4) is 0 Å². The second-order valence-corrected chi connectivity index (χ2v) is 5.82. The normalized spacial score (nSPS) is 17.3. The Hall–Kier alpha value is -1.88. The van der Waals surface area contributed by atoms with Gasteiger partial charge in [0.25, 0.3) is 0 Å². The van der Waals surface area contributed by atoms with Crippen LogP contribution in [0.15, 0.2) is 18.2 Å². The summed E-state index contributed by atoms with van der Waals surface area (Å²) in [5, 5.41) is 9.17. The number of carbonyl (C=O) groups excluding carboxylic acids is 2. The standard InChI is InChI=1S/C17H25N3O2/c1-3-6-16(21)19-14-8-4-9-15(12(14)2)20-17(22)11-13-7-5-10-18-13/h4,8-9,13,18H,3,5-7,10-11H2,1-2H3,(H,19,21)(H,20,22). The summed E-state index contributed by atoms with van der Waals surface area (Å²) in [4.78, 5) is 23.8. The lowest BCUT2D eigenvalue weighted by Gasteiger charge is -2.15. The molecule has 1 atom stereocenters. The molecule has 1 fully saturated rings. The second-order valence-electron chi connectivity index (χ2n) is 5.82. The molecule has 2 amide bonds. The van der Waals surface area contributed by atoms with E-state index in [0.29, 0.717) is 12.8 Å². The van der Waals surface area contributed by atoms with Gasteiger partial charge in [-0.15, -0.1) is 0 Å². The zero-order chi connectivity index (χ0) is 15.9. The van der Waals surface area contributed by atoms with Gasteiger partial charge in [0.1, 0.15) is 0 Å². The van der Waals surface area contributed by atoms with E-state index in [2.05, 4.69) is 16.0 Å². The van der Waals surface area contributed by atoms with E-state index in [1.54, 1.807) is 0 Å². The van der Waals surface area contributed by atoms with E-state index >= 15 is 0 Å². The molecule has 0 spiro atoms. The summed E-state index contributed by atoms with van der Waals surface area (Å²) in [7, 11) is 0. The largest absolute Gasteiger partial charge is 0.326 e. The minimum absolute atomic E-state index is 0.00392. The first kappa shape index (κ1) is 16.5. The molecular weight excluding hydrogens is 278 g/mol. The van der Waals surface area contributed by atoms with Gasteiger partial charge < -0.3 is 16.0 Å². The lowest BCUT2D eigenvalue weighted by atomic mass is 10.1. The molecule has 5 nitrogen and oxygen atoms in total. The van der Waals surface area contributed by atoms with Crippen LogP contribution in [0.5, 0.6) is 0 Å². The molecule has 22 heavy (non-hydrogen) atoms. The summed E-state index contributed by atoms with van der Waals surface area (Å²) in [6.45, 7) is 4.88. The number of rotatable bonds is 6. The van der Waals surface area contributed by atoms with Crippen molar-refractivity contribution in [3.05, 3.63) is 23.8 Å². The highest BCUT2D eigenvalue weighted by molar-refractivity contribution is 5.95. The molecule has 1 aliphatic rings. The first-order valence-electron chi connectivity index (χ1n) is 8.03. The lowest BCUT2D eigenvalue weighted by Crippen LogP contribution is -2.27. The van der Waals surface area contributed by atoms with Gasteiger partial charge in [-0.05, 0) is 50.4 Å². The van der Waals surface area contributed by atoms with Crippen LogP contribution in [-0.4, -0.2) is 24.4 Å². The van der Waals surface area contributed by atoms with Crippen LogP contribution in [0.2, 0.25) is 0 Å². The Bertz CT molecular complexity index is 537. The monoisotopic (exact) mass is 303 g/mol. The van der Waals surface area contributed by atoms with Crippen LogP contribution >= 0.6 is 0 Å². The molecule has 1 unspecified atom stereocenters. The molecule has 0 bridgehead atoms. The number of amides is 2. The first-order valence-corrected chi connectivity index (χ1v) is 8.03. The summed E-state index contributed by atoms with van der Waals surface area (Å²) in [6.07, 6.45) is 4.00. The molecule has 1 aromatic rings. The molecular formula is C17H25N3O2. The van der Waals surface area contributed by atoms with Crippen molar-refractivity contribution >= 4 is 23.2 Å². The van der Waals surface area contributed by atoms with Crippen molar-refractivity contribution in [3.63, 3.8) is 0 Å². The third kappa shape index (κ3) is 4.56. The molecule has 0 aromatic heterocycles. The van der Waals surface area contributed by atoms with E-state index in [1.807, 2.05) is 32.0 Å². The zero-order valence-electron chi connectivity index (χ0n) is 13.4. The van der Waals surface area contributed by atoms with Gasteiger partial charge in [-0.3, -0.25) is 9.59 Å². The topological polar surface area (TPSA) is 70.2 Å². The van der Waals surface area contributed by atoms with Crippen LogP contribution in [-0.2, 0) is 9.59 Å². The van der Waals surface area contributed by atoms with Crippen molar-refractivity contribution in [2.24, 2.45) is 0 Å².